The Morgan fingerprint density at radius 2 is 2.00 bits per heavy atom. The summed E-state index contributed by atoms with van der Waals surface area (Å²) in [5.74, 6) is 2.08. The average Bonchev–Trinajstić information content (AvgIpc) is 2.69. The molecule has 3 aliphatic rings. The Labute approximate surface area is 117 Å². The van der Waals surface area contributed by atoms with Gasteiger partial charge in [-0.3, -0.25) is 0 Å². The maximum absolute atomic E-state index is 6.80. The van der Waals surface area contributed by atoms with Gasteiger partial charge >= 0.3 is 0 Å². The van der Waals surface area contributed by atoms with Gasteiger partial charge in [-0.1, -0.05) is 20.4 Å². The third-order valence-corrected chi connectivity index (χ3v) is 8.18. The zero-order valence-electron chi connectivity index (χ0n) is 12.4. The van der Waals surface area contributed by atoms with Crippen LogP contribution in [-0.2, 0) is 4.43 Å². The van der Waals surface area contributed by atoms with E-state index in [1.165, 1.54) is 29.9 Å². The molecule has 1 nitrogen and oxygen atoms in total. The number of hydrogen-bond donors (Lipinski definition) is 0. The molecule has 1 saturated heterocycles. The summed E-state index contributed by atoms with van der Waals surface area (Å²) in [6, 6.07) is 0. The topological polar surface area (TPSA) is 9.23 Å². The molecule has 18 heavy (non-hydrogen) atoms. The molecule has 3 atom stereocenters. The van der Waals surface area contributed by atoms with Gasteiger partial charge in [0, 0.05) is 16.1 Å². The molecule has 3 heteroatoms. The Kier molecular flexibility index (Phi) is 2.56. The minimum atomic E-state index is -1.54. The fourth-order valence-corrected chi connectivity index (χ4v) is 8.16. The van der Waals surface area contributed by atoms with Crippen molar-refractivity contribution >= 4 is 20.1 Å². The summed E-state index contributed by atoms with van der Waals surface area (Å²) in [6.45, 7) is 16.3. The van der Waals surface area contributed by atoms with Gasteiger partial charge in [-0.05, 0) is 50.2 Å². The van der Waals surface area contributed by atoms with Gasteiger partial charge in [-0.25, -0.2) is 0 Å². The normalized spacial score (nSPS) is 45.6. The fourth-order valence-electron chi connectivity index (χ4n) is 4.92. The van der Waals surface area contributed by atoms with Gasteiger partial charge in [-0.15, -0.1) is 11.8 Å². The van der Waals surface area contributed by atoms with Gasteiger partial charge in [0.1, 0.15) is 0 Å². The van der Waals surface area contributed by atoms with Crippen molar-refractivity contribution in [1.29, 1.82) is 0 Å². The lowest BCUT2D eigenvalue weighted by Crippen LogP contribution is -2.53. The molecule has 0 amide bonds. The monoisotopic (exact) mass is 282 g/mol. The Hall–Kier alpha value is 0.267. The molecule has 1 spiro atoms. The molecule has 0 aromatic rings. The van der Waals surface area contributed by atoms with Crippen molar-refractivity contribution in [2.75, 3.05) is 5.75 Å². The third-order valence-electron chi connectivity index (χ3n) is 5.90. The molecule has 0 unspecified atom stereocenters. The van der Waals surface area contributed by atoms with Crippen molar-refractivity contribution in [2.45, 2.75) is 58.4 Å². The second kappa shape index (κ2) is 3.47. The van der Waals surface area contributed by atoms with E-state index in [9.17, 15) is 0 Å². The van der Waals surface area contributed by atoms with Crippen LogP contribution in [0.15, 0.2) is 11.5 Å². The van der Waals surface area contributed by atoms with Crippen LogP contribution in [-0.4, -0.2) is 19.7 Å². The van der Waals surface area contributed by atoms with E-state index in [0.29, 0.717) is 10.8 Å². The highest BCUT2D eigenvalue weighted by Gasteiger charge is 2.75. The van der Waals surface area contributed by atoms with Crippen molar-refractivity contribution in [3.8, 4) is 0 Å². The van der Waals surface area contributed by atoms with Crippen molar-refractivity contribution < 1.29 is 4.43 Å². The second-order valence-corrected chi connectivity index (χ2v) is 13.5. The SMILES string of the molecule is C=C1SC[C@]23CC[C@H](C[C@]12O[Si](C)(C)C)C3(C)C. The summed E-state index contributed by atoms with van der Waals surface area (Å²) in [5, 5.41) is 0. The number of thioether (sulfide) groups is 1. The molecule has 0 aromatic carbocycles. The van der Waals surface area contributed by atoms with Crippen LogP contribution in [0, 0.1) is 16.7 Å². The molecule has 0 aromatic heterocycles. The maximum atomic E-state index is 6.80. The molecule has 102 valence electrons. The molecule has 1 heterocycles. The third kappa shape index (κ3) is 1.34. The van der Waals surface area contributed by atoms with E-state index in [1.807, 2.05) is 11.8 Å². The van der Waals surface area contributed by atoms with E-state index in [0.717, 1.165) is 5.92 Å². The van der Waals surface area contributed by atoms with Gasteiger partial charge in [-0.2, -0.15) is 0 Å². The molecular formula is C15H26OSSi. The molecule has 1 aliphatic heterocycles. The molecule has 0 radical (unpaired) electrons. The van der Waals surface area contributed by atoms with Crippen LogP contribution in [0.25, 0.3) is 0 Å². The summed E-state index contributed by atoms with van der Waals surface area (Å²) < 4.78 is 6.80. The molecule has 3 fully saturated rings. The Bertz CT molecular complexity index is 411. The fraction of sp³-hybridized carbons (Fsp3) is 0.867. The number of fused-ring (bicyclic) bond motifs is 1. The predicted molar refractivity (Wildman–Crippen MR) is 82.3 cm³/mol. The molecule has 2 saturated carbocycles. The lowest BCUT2D eigenvalue weighted by atomic mass is 9.64. The zero-order valence-corrected chi connectivity index (χ0v) is 14.2. The molecule has 2 aliphatic carbocycles. The van der Waals surface area contributed by atoms with Gasteiger partial charge in [0.15, 0.2) is 8.32 Å². The summed E-state index contributed by atoms with van der Waals surface area (Å²) >= 11 is 1.98. The van der Waals surface area contributed by atoms with E-state index >= 15 is 0 Å². The minimum absolute atomic E-state index is 0.00849. The van der Waals surface area contributed by atoms with Crippen LogP contribution in [0.4, 0.5) is 0 Å². The quantitative estimate of drug-likeness (QED) is 0.681. The first-order chi connectivity index (χ1) is 8.15. The highest BCUT2D eigenvalue weighted by atomic mass is 32.2. The van der Waals surface area contributed by atoms with Gasteiger partial charge in [0.05, 0.1) is 5.60 Å². The number of hydrogen-bond acceptors (Lipinski definition) is 2. The minimum Gasteiger partial charge on any atom is -0.407 e. The first kappa shape index (κ1) is 13.3. The molecule has 0 N–H and O–H groups in total. The van der Waals surface area contributed by atoms with Gasteiger partial charge in [0.2, 0.25) is 0 Å². The first-order valence-electron chi connectivity index (χ1n) is 7.17. The smallest absolute Gasteiger partial charge is 0.185 e. The lowest BCUT2D eigenvalue weighted by molar-refractivity contribution is -0.0287. The van der Waals surface area contributed by atoms with Crippen LogP contribution in [0.2, 0.25) is 19.6 Å². The summed E-state index contributed by atoms with van der Waals surface area (Å²) in [7, 11) is -1.54. The largest absolute Gasteiger partial charge is 0.407 e. The van der Waals surface area contributed by atoms with E-state index < -0.39 is 8.32 Å². The van der Waals surface area contributed by atoms with E-state index in [2.05, 4.69) is 40.1 Å². The highest BCUT2D eigenvalue weighted by Crippen LogP contribution is 2.77. The van der Waals surface area contributed by atoms with Crippen molar-refractivity contribution in [3.63, 3.8) is 0 Å². The highest BCUT2D eigenvalue weighted by molar-refractivity contribution is 8.03. The maximum Gasteiger partial charge on any atom is 0.185 e. The summed E-state index contributed by atoms with van der Waals surface area (Å²) in [4.78, 5) is 1.33. The van der Waals surface area contributed by atoms with E-state index in [1.54, 1.807) is 0 Å². The van der Waals surface area contributed by atoms with Crippen molar-refractivity contribution in [1.82, 2.24) is 0 Å². The van der Waals surface area contributed by atoms with Crippen LogP contribution in [0.5, 0.6) is 0 Å². The predicted octanol–water partition coefficient (Wildman–Crippen LogP) is 4.66. The average molecular weight is 283 g/mol. The van der Waals surface area contributed by atoms with Crippen LogP contribution in [0.1, 0.15) is 33.1 Å². The number of rotatable bonds is 2. The van der Waals surface area contributed by atoms with Crippen LogP contribution in [0.3, 0.4) is 0 Å². The van der Waals surface area contributed by atoms with Crippen LogP contribution < -0.4 is 0 Å². The van der Waals surface area contributed by atoms with Gasteiger partial charge < -0.3 is 4.43 Å². The summed E-state index contributed by atoms with van der Waals surface area (Å²) in [5.41, 5.74) is 0.806. The molecular weight excluding hydrogens is 256 g/mol. The standard InChI is InChI=1S/C15H26OSSi/c1-11-15(16-18(4,5)6)9-12-7-8-14(15,10-17-11)13(12,2)3/h12H,1,7-10H2,2-6H3/t12-,14+,15+/m1/s1. The van der Waals surface area contributed by atoms with E-state index in [4.69, 9.17) is 4.43 Å². The first-order valence-corrected chi connectivity index (χ1v) is 11.6. The Morgan fingerprint density at radius 1 is 1.33 bits per heavy atom. The Balaban J connectivity index is 2.10. The van der Waals surface area contributed by atoms with Gasteiger partial charge in [0.25, 0.3) is 0 Å². The second-order valence-electron chi connectivity index (χ2n) is 8.00. The lowest BCUT2D eigenvalue weighted by Gasteiger charge is -2.48. The van der Waals surface area contributed by atoms with Crippen LogP contribution >= 0.6 is 11.8 Å². The summed E-state index contributed by atoms with van der Waals surface area (Å²) in [6.07, 6.45) is 3.98. The van der Waals surface area contributed by atoms with E-state index in [-0.39, 0.29) is 5.60 Å². The molecule has 2 bridgehead atoms. The zero-order chi connectivity index (χ0) is 13.4. The Morgan fingerprint density at radius 3 is 2.56 bits per heavy atom. The van der Waals surface area contributed by atoms with Crippen molar-refractivity contribution in [2.24, 2.45) is 16.7 Å². The van der Waals surface area contributed by atoms with Crippen molar-refractivity contribution in [3.05, 3.63) is 11.5 Å². The molecule has 3 rings (SSSR count).